The lowest BCUT2D eigenvalue weighted by Crippen LogP contribution is -2.18. The van der Waals surface area contributed by atoms with E-state index in [9.17, 15) is 0 Å². The van der Waals surface area contributed by atoms with Crippen molar-refractivity contribution in [2.45, 2.75) is 40.5 Å². The molecule has 0 aromatic heterocycles. The lowest BCUT2D eigenvalue weighted by molar-refractivity contribution is 0.870. The van der Waals surface area contributed by atoms with Crippen molar-refractivity contribution in [2.24, 2.45) is 32.2 Å². The van der Waals surface area contributed by atoms with Crippen LogP contribution < -0.4 is 0 Å². The van der Waals surface area contributed by atoms with Crippen LogP contribution in [0.3, 0.4) is 0 Å². The van der Waals surface area contributed by atoms with E-state index in [1.165, 1.54) is 0 Å². The van der Waals surface area contributed by atoms with Gasteiger partial charge in [0.1, 0.15) is 0 Å². The molecule has 0 saturated heterocycles. The summed E-state index contributed by atoms with van der Waals surface area (Å²) >= 11 is 0. The maximum Gasteiger partial charge on any atom is 0.0924 e. The predicted octanol–water partition coefficient (Wildman–Crippen LogP) is 2.70. The van der Waals surface area contributed by atoms with Crippen molar-refractivity contribution in [2.75, 3.05) is 0 Å². The van der Waals surface area contributed by atoms with Crippen LogP contribution in [0, 0.1) is 11.8 Å². The summed E-state index contributed by atoms with van der Waals surface area (Å²) in [6, 6.07) is 0. The van der Waals surface area contributed by atoms with E-state index in [4.69, 9.17) is 0 Å². The first-order valence-electron chi connectivity index (χ1n) is 5.85. The standard InChI is InChI=1S/C12H18N4/c1-7(2)9-5-11(15-13-9)12-6-10(8(3)4)14-16-12/h7-8H,5-6H2,1-4H3. The second-order valence-electron chi connectivity index (χ2n) is 4.94. The zero-order valence-electron chi connectivity index (χ0n) is 10.4. The van der Waals surface area contributed by atoms with Crippen LogP contribution in [0.5, 0.6) is 0 Å². The van der Waals surface area contributed by atoms with Crippen molar-refractivity contribution in [3.8, 4) is 0 Å². The Morgan fingerprint density at radius 2 is 1.06 bits per heavy atom. The Kier molecular flexibility index (Phi) is 2.99. The summed E-state index contributed by atoms with van der Waals surface area (Å²) in [5, 5.41) is 16.8. The van der Waals surface area contributed by atoms with Gasteiger partial charge in [-0.05, 0) is 11.8 Å². The average Bonchev–Trinajstić information content (AvgIpc) is 2.86. The third-order valence-corrected chi connectivity index (χ3v) is 2.96. The third-order valence-electron chi connectivity index (χ3n) is 2.96. The molecule has 4 heteroatoms. The second-order valence-corrected chi connectivity index (χ2v) is 4.94. The molecule has 0 amide bonds. The van der Waals surface area contributed by atoms with E-state index in [0.29, 0.717) is 11.8 Å². The molecule has 2 aliphatic heterocycles. The number of nitrogens with zero attached hydrogens (tertiary/aromatic N) is 4. The first-order chi connectivity index (χ1) is 7.58. The smallest absolute Gasteiger partial charge is 0.0924 e. The summed E-state index contributed by atoms with van der Waals surface area (Å²) < 4.78 is 0. The molecule has 0 aromatic rings. The summed E-state index contributed by atoms with van der Waals surface area (Å²) in [7, 11) is 0. The van der Waals surface area contributed by atoms with E-state index in [-0.39, 0.29) is 0 Å². The first-order valence-corrected chi connectivity index (χ1v) is 5.85. The molecule has 0 saturated carbocycles. The fourth-order valence-electron chi connectivity index (χ4n) is 1.69. The lowest BCUT2D eigenvalue weighted by atomic mass is 9.97. The van der Waals surface area contributed by atoms with Gasteiger partial charge in [-0.3, -0.25) is 0 Å². The molecule has 0 atom stereocenters. The molecule has 2 aliphatic rings. The van der Waals surface area contributed by atoms with Crippen LogP contribution in [0.4, 0.5) is 0 Å². The third kappa shape index (κ3) is 2.10. The quantitative estimate of drug-likeness (QED) is 0.699. The Balaban J connectivity index is 1.96. The Hall–Kier alpha value is -1.32. The van der Waals surface area contributed by atoms with E-state index in [2.05, 4.69) is 48.1 Å². The molecule has 0 aromatic carbocycles. The lowest BCUT2D eigenvalue weighted by Gasteiger charge is -2.05. The van der Waals surface area contributed by atoms with Gasteiger partial charge in [-0.2, -0.15) is 20.4 Å². The molecule has 0 unspecified atom stereocenters. The normalized spacial score (nSPS) is 20.1. The molecule has 0 N–H and O–H groups in total. The molecule has 86 valence electrons. The Labute approximate surface area is 96.3 Å². The summed E-state index contributed by atoms with van der Waals surface area (Å²) in [5.41, 5.74) is 4.30. The van der Waals surface area contributed by atoms with Crippen LogP contribution in [0.2, 0.25) is 0 Å². The molecule has 2 heterocycles. The van der Waals surface area contributed by atoms with E-state index < -0.39 is 0 Å². The van der Waals surface area contributed by atoms with Crippen LogP contribution in [-0.2, 0) is 0 Å². The van der Waals surface area contributed by atoms with Crippen LogP contribution in [0.15, 0.2) is 20.4 Å². The highest BCUT2D eigenvalue weighted by molar-refractivity contribution is 6.49. The molecule has 0 radical (unpaired) electrons. The maximum atomic E-state index is 4.21. The van der Waals surface area contributed by atoms with Gasteiger partial charge in [-0.15, -0.1) is 0 Å². The highest BCUT2D eigenvalue weighted by Crippen LogP contribution is 2.17. The topological polar surface area (TPSA) is 49.4 Å². The van der Waals surface area contributed by atoms with Crippen molar-refractivity contribution < 1.29 is 0 Å². The van der Waals surface area contributed by atoms with Crippen LogP contribution in [0.25, 0.3) is 0 Å². The number of hydrogen-bond donors (Lipinski definition) is 0. The monoisotopic (exact) mass is 218 g/mol. The number of hydrogen-bond acceptors (Lipinski definition) is 4. The molecule has 0 fully saturated rings. The molecule has 0 bridgehead atoms. The number of rotatable bonds is 3. The van der Waals surface area contributed by atoms with Crippen molar-refractivity contribution >= 4 is 22.8 Å². The molecule has 0 aliphatic carbocycles. The van der Waals surface area contributed by atoms with E-state index >= 15 is 0 Å². The van der Waals surface area contributed by atoms with Crippen molar-refractivity contribution in [3.63, 3.8) is 0 Å². The highest BCUT2D eigenvalue weighted by Gasteiger charge is 2.24. The Morgan fingerprint density at radius 1 is 0.688 bits per heavy atom. The minimum Gasteiger partial charge on any atom is -0.159 e. The highest BCUT2D eigenvalue weighted by atomic mass is 15.3. The van der Waals surface area contributed by atoms with Crippen LogP contribution >= 0.6 is 0 Å². The molecule has 16 heavy (non-hydrogen) atoms. The zero-order valence-corrected chi connectivity index (χ0v) is 10.4. The van der Waals surface area contributed by atoms with Gasteiger partial charge in [0.25, 0.3) is 0 Å². The predicted molar refractivity (Wildman–Crippen MR) is 68.7 cm³/mol. The first kappa shape index (κ1) is 11.2. The molecule has 2 rings (SSSR count). The van der Waals surface area contributed by atoms with Gasteiger partial charge in [-0.25, -0.2) is 0 Å². The van der Waals surface area contributed by atoms with Crippen LogP contribution in [-0.4, -0.2) is 22.8 Å². The minimum absolute atomic E-state index is 0.466. The van der Waals surface area contributed by atoms with E-state index in [1.807, 2.05) is 0 Å². The molecule has 4 nitrogen and oxygen atoms in total. The summed E-state index contributed by atoms with van der Waals surface area (Å²) in [5.74, 6) is 0.933. The molecular formula is C12H18N4. The van der Waals surface area contributed by atoms with Gasteiger partial charge in [0.15, 0.2) is 0 Å². The van der Waals surface area contributed by atoms with Crippen molar-refractivity contribution in [1.29, 1.82) is 0 Å². The zero-order chi connectivity index (χ0) is 11.7. The van der Waals surface area contributed by atoms with Gasteiger partial charge in [0.2, 0.25) is 0 Å². The van der Waals surface area contributed by atoms with Crippen LogP contribution in [0.1, 0.15) is 40.5 Å². The van der Waals surface area contributed by atoms with Crippen molar-refractivity contribution in [3.05, 3.63) is 0 Å². The summed E-state index contributed by atoms with van der Waals surface area (Å²) in [4.78, 5) is 0. The second kappa shape index (κ2) is 4.28. The Bertz CT molecular complexity index is 371. The van der Waals surface area contributed by atoms with Gasteiger partial charge in [-0.1, -0.05) is 27.7 Å². The minimum atomic E-state index is 0.466. The maximum absolute atomic E-state index is 4.21. The summed E-state index contributed by atoms with van der Waals surface area (Å²) in [6.45, 7) is 8.57. The summed E-state index contributed by atoms with van der Waals surface area (Å²) in [6.07, 6.45) is 1.69. The Morgan fingerprint density at radius 3 is 1.31 bits per heavy atom. The van der Waals surface area contributed by atoms with E-state index in [1.54, 1.807) is 0 Å². The molecular weight excluding hydrogens is 200 g/mol. The largest absolute Gasteiger partial charge is 0.159 e. The molecule has 0 spiro atoms. The SMILES string of the molecule is CC(C)C1=NN=C(C2=NN=C(C(C)C)C2)C1. The van der Waals surface area contributed by atoms with Crippen molar-refractivity contribution in [1.82, 2.24) is 0 Å². The fraction of sp³-hybridized carbons (Fsp3) is 0.667. The van der Waals surface area contributed by atoms with Gasteiger partial charge >= 0.3 is 0 Å². The average molecular weight is 218 g/mol. The van der Waals surface area contributed by atoms with Gasteiger partial charge < -0.3 is 0 Å². The van der Waals surface area contributed by atoms with Gasteiger partial charge in [0.05, 0.1) is 11.4 Å². The fourth-order valence-corrected chi connectivity index (χ4v) is 1.69. The van der Waals surface area contributed by atoms with Gasteiger partial charge in [0, 0.05) is 24.3 Å². The van der Waals surface area contributed by atoms with E-state index in [0.717, 1.165) is 35.7 Å².